The van der Waals surface area contributed by atoms with Crippen molar-refractivity contribution in [2.45, 2.75) is 20.0 Å². The zero-order chi connectivity index (χ0) is 18.0. The molecule has 0 bridgehead atoms. The largest absolute Gasteiger partial charge is 0.497 e. The SMILES string of the molecule is COc1ccc(O[C@H](C)C(=O)Nc2cnc3c(c2)c(C)nn3C)cc1. The number of methoxy groups -OCH3 is 1. The molecule has 1 N–H and O–H groups in total. The Morgan fingerprint density at radius 1 is 1.24 bits per heavy atom. The average molecular weight is 340 g/mol. The summed E-state index contributed by atoms with van der Waals surface area (Å²) in [6.45, 7) is 3.60. The van der Waals surface area contributed by atoms with E-state index in [1.165, 1.54) is 0 Å². The monoisotopic (exact) mass is 340 g/mol. The maximum Gasteiger partial charge on any atom is 0.265 e. The van der Waals surface area contributed by atoms with Gasteiger partial charge < -0.3 is 14.8 Å². The summed E-state index contributed by atoms with van der Waals surface area (Å²) in [6, 6.07) is 8.94. The van der Waals surface area contributed by atoms with Crippen molar-refractivity contribution < 1.29 is 14.3 Å². The molecule has 1 amide bonds. The van der Waals surface area contributed by atoms with Gasteiger partial charge in [-0.25, -0.2) is 4.98 Å². The molecule has 0 aliphatic rings. The van der Waals surface area contributed by atoms with Crippen molar-refractivity contribution in [1.82, 2.24) is 14.8 Å². The Morgan fingerprint density at radius 3 is 2.60 bits per heavy atom. The number of rotatable bonds is 5. The van der Waals surface area contributed by atoms with Crippen LogP contribution in [-0.4, -0.2) is 33.9 Å². The molecule has 0 unspecified atom stereocenters. The molecule has 7 heteroatoms. The maximum atomic E-state index is 12.4. The molecule has 3 aromatic rings. The van der Waals surface area contributed by atoms with Crippen LogP contribution in [0.25, 0.3) is 11.0 Å². The number of carbonyl (C=O) groups excluding carboxylic acids is 1. The second kappa shape index (κ2) is 6.80. The van der Waals surface area contributed by atoms with Crippen molar-refractivity contribution in [3.05, 3.63) is 42.2 Å². The highest BCUT2D eigenvalue weighted by Gasteiger charge is 2.16. The van der Waals surface area contributed by atoms with Crippen molar-refractivity contribution in [1.29, 1.82) is 0 Å². The number of aromatic nitrogens is 3. The van der Waals surface area contributed by atoms with Gasteiger partial charge in [-0.2, -0.15) is 5.10 Å². The Labute approximate surface area is 145 Å². The third kappa shape index (κ3) is 3.55. The van der Waals surface area contributed by atoms with Crippen LogP contribution < -0.4 is 14.8 Å². The third-order valence-corrected chi connectivity index (χ3v) is 3.87. The van der Waals surface area contributed by atoms with E-state index in [1.807, 2.05) is 20.0 Å². The number of ether oxygens (including phenoxy) is 2. The summed E-state index contributed by atoms with van der Waals surface area (Å²) in [4.78, 5) is 16.7. The number of hydrogen-bond donors (Lipinski definition) is 1. The van der Waals surface area contributed by atoms with E-state index in [4.69, 9.17) is 9.47 Å². The van der Waals surface area contributed by atoms with Gasteiger partial charge >= 0.3 is 0 Å². The first kappa shape index (κ1) is 16.8. The fourth-order valence-electron chi connectivity index (χ4n) is 2.53. The number of fused-ring (bicyclic) bond motifs is 1. The van der Waals surface area contributed by atoms with E-state index < -0.39 is 6.10 Å². The summed E-state index contributed by atoms with van der Waals surface area (Å²) in [5, 5.41) is 8.05. The molecular weight excluding hydrogens is 320 g/mol. The van der Waals surface area contributed by atoms with Gasteiger partial charge in [0.25, 0.3) is 5.91 Å². The quantitative estimate of drug-likeness (QED) is 0.772. The van der Waals surface area contributed by atoms with Gasteiger partial charge in [0, 0.05) is 12.4 Å². The van der Waals surface area contributed by atoms with Gasteiger partial charge in [0.1, 0.15) is 11.5 Å². The number of benzene rings is 1. The lowest BCUT2D eigenvalue weighted by atomic mass is 10.2. The zero-order valence-electron chi connectivity index (χ0n) is 14.6. The lowest BCUT2D eigenvalue weighted by molar-refractivity contribution is -0.122. The zero-order valence-corrected chi connectivity index (χ0v) is 14.6. The van der Waals surface area contributed by atoms with Gasteiger partial charge in [0.2, 0.25) is 0 Å². The normalized spacial score (nSPS) is 12.0. The van der Waals surface area contributed by atoms with Crippen LogP contribution in [-0.2, 0) is 11.8 Å². The van der Waals surface area contributed by atoms with E-state index in [1.54, 1.807) is 49.2 Å². The van der Waals surface area contributed by atoms with Crippen LogP contribution in [0.2, 0.25) is 0 Å². The van der Waals surface area contributed by atoms with Crippen LogP contribution in [0.4, 0.5) is 5.69 Å². The fraction of sp³-hybridized carbons (Fsp3) is 0.278. The first-order chi connectivity index (χ1) is 12.0. The number of nitrogens with zero attached hydrogens (tertiary/aromatic N) is 3. The van der Waals surface area contributed by atoms with Gasteiger partial charge in [0.15, 0.2) is 11.8 Å². The molecule has 130 valence electrons. The number of aryl methyl sites for hydroxylation is 2. The van der Waals surface area contributed by atoms with Gasteiger partial charge in [-0.3, -0.25) is 9.48 Å². The van der Waals surface area contributed by atoms with Crippen molar-refractivity contribution in [3.63, 3.8) is 0 Å². The standard InChI is InChI=1S/C18H20N4O3/c1-11-16-9-13(10-19-17(16)22(3)21-11)20-18(23)12(2)25-15-7-5-14(24-4)6-8-15/h5-10,12H,1-4H3,(H,20,23)/t12-/m1/s1. The fourth-order valence-corrected chi connectivity index (χ4v) is 2.53. The van der Waals surface area contributed by atoms with Crippen LogP contribution in [0, 0.1) is 6.92 Å². The molecule has 7 nitrogen and oxygen atoms in total. The molecule has 3 rings (SSSR count). The molecule has 0 radical (unpaired) electrons. The van der Waals surface area contributed by atoms with Gasteiger partial charge in [-0.15, -0.1) is 0 Å². The third-order valence-electron chi connectivity index (χ3n) is 3.87. The molecule has 1 atom stereocenters. The van der Waals surface area contributed by atoms with Gasteiger partial charge in [-0.05, 0) is 44.2 Å². The first-order valence-corrected chi connectivity index (χ1v) is 7.89. The lowest BCUT2D eigenvalue weighted by Crippen LogP contribution is -2.30. The van der Waals surface area contributed by atoms with Gasteiger partial charge in [-0.1, -0.05) is 0 Å². The minimum absolute atomic E-state index is 0.251. The number of hydrogen-bond acceptors (Lipinski definition) is 5. The predicted molar refractivity (Wildman–Crippen MR) is 95.0 cm³/mol. The summed E-state index contributed by atoms with van der Waals surface area (Å²) in [6.07, 6.45) is 0.959. The second-order valence-electron chi connectivity index (χ2n) is 5.73. The van der Waals surface area contributed by atoms with Crippen molar-refractivity contribution in [2.75, 3.05) is 12.4 Å². The first-order valence-electron chi connectivity index (χ1n) is 7.89. The number of carbonyl (C=O) groups is 1. The molecule has 0 aliphatic carbocycles. The lowest BCUT2D eigenvalue weighted by Gasteiger charge is -2.15. The minimum atomic E-state index is -0.654. The average Bonchev–Trinajstić information content (AvgIpc) is 2.89. The van der Waals surface area contributed by atoms with Crippen LogP contribution in [0.3, 0.4) is 0 Å². The summed E-state index contributed by atoms with van der Waals surface area (Å²) < 4.78 is 12.5. The summed E-state index contributed by atoms with van der Waals surface area (Å²) >= 11 is 0. The minimum Gasteiger partial charge on any atom is -0.497 e. The number of amides is 1. The van der Waals surface area contributed by atoms with E-state index in [-0.39, 0.29) is 5.91 Å². The Morgan fingerprint density at radius 2 is 1.92 bits per heavy atom. The van der Waals surface area contributed by atoms with E-state index in [2.05, 4.69) is 15.4 Å². The van der Waals surface area contributed by atoms with Crippen LogP contribution in [0.5, 0.6) is 11.5 Å². The summed E-state index contributed by atoms with van der Waals surface area (Å²) in [5.74, 6) is 1.08. The van der Waals surface area contributed by atoms with E-state index in [0.717, 1.165) is 22.5 Å². The van der Waals surface area contributed by atoms with Crippen LogP contribution >= 0.6 is 0 Å². The van der Waals surface area contributed by atoms with Gasteiger partial charge in [0.05, 0.1) is 24.7 Å². The van der Waals surface area contributed by atoms with E-state index in [0.29, 0.717) is 11.4 Å². The Bertz CT molecular complexity index is 903. The molecule has 0 aliphatic heterocycles. The maximum absolute atomic E-state index is 12.4. The molecule has 2 heterocycles. The molecular formula is C18H20N4O3. The highest BCUT2D eigenvalue weighted by molar-refractivity contribution is 5.95. The molecule has 0 spiro atoms. The Hall–Kier alpha value is -3.09. The van der Waals surface area contributed by atoms with Crippen molar-refractivity contribution in [2.24, 2.45) is 7.05 Å². The molecule has 0 fully saturated rings. The summed E-state index contributed by atoms with van der Waals surface area (Å²) in [7, 11) is 3.44. The van der Waals surface area contributed by atoms with Crippen LogP contribution in [0.1, 0.15) is 12.6 Å². The van der Waals surface area contributed by atoms with Crippen molar-refractivity contribution >= 4 is 22.6 Å². The van der Waals surface area contributed by atoms with E-state index >= 15 is 0 Å². The molecule has 1 aromatic carbocycles. The Balaban J connectivity index is 1.69. The topological polar surface area (TPSA) is 78.3 Å². The smallest absolute Gasteiger partial charge is 0.265 e. The second-order valence-corrected chi connectivity index (χ2v) is 5.73. The Kier molecular flexibility index (Phi) is 4.56. The van der Waals surface area contributed by atoms with Crippen molar-refractivity contribution in [3.8, 4) is 11.5 Å². The molecule has 2 aromatic heterocycles. The number of anilines is 1. The molecule has 0 saturated carbocycles. The van der Waals surface area contributed by atoms with Crippen LogP contribution in [0.15, 0.2) is 36.5 Å². The summed E-state index contributed by atoms with van der Waals surface area (Å²) in [5.41, 5.74) is 2.25. The highest BCUT2D eigenvalue weighted by atomic mass is 16.5. The molecule has 25 heavy (non-hydrogen) atoms. The van der Waals surface area contributed by atoms with E-state index in [9.17, 15) is 4.79 Å². The predicted octanol–water partition coefficient (Wildman–Crippen LogP) is 2.69. The number of pyridine rings is 1. The highest BCUT2D eigenvalue weighted by Crippen LogP contribution is 2.21. The number of nitrogens with one attached hydrogen (secondary N) is 1. The molecule has 0 saturated heterocycles.